The number of aromatic nitrogens is 4. The fraction of sp³-hybridized carbons (Fsp3) is 0.261. The molecule has 1 aromatic carbocycles. The molecule has 170 valence electrons. The highest BCUT2D eigenvalue weighted by molar-refractivity contribution is 7.98. The van der Waals surface area contributed by atoms with E-state index < -0.39 is 11.5 Å². The maximum absolute atomic E-state index is 12.9. The largest absolute Gasteiger partial charge is 0.465 e. The Bertz CT molecular complexity index is 1410. The molecule has 33 heavy (non-hydrogen) atoms. The molecule has 10 heteroatoms. The topological polar surface area (TPSA) is 100 Å². The van der Waals surface area contributed by atoms with E-state index in [1.165, 1.54) is 18.9 Å². The second-order valence-electron chi connectivity index (χ2n) is 7.26. The summed E-state index contributed by atoms with van der Waals surface area (Å²) in [5, 5.41) is 1.28. The highest BCUT2D eigenvalue weighted by Gasteiger charge is 2.21. The van der Waals surface area contributed by atoms with Gasteiger partial charge in [0, 0.05) is 28.6 Å². The third-order valence-corrected chi connectivity index (χ3v) is 6.31. The van der Waals surface area contributed by atoms with Gasteiger partial charge in [0.05, 0.1) is 23.8 Å². The predicted molar refractivity (Wildman–Crippen MR) is 127 cm³/mol. The summed E-state index contributed by atoms with van der Waals surface area (Å²) in [4.78, 5) is 38.5. The molecule has 4 rings (SSSR count). The smallest absolute Gasteiger partial charge is 0.338 e. The van der Waals surface area contributed by atoms with Crippen molar-refractivity contribution in [2.45, 2.75) is 38.2 Å². The van der Waals surface area contributed by atoms with Gasteiger partial charge in [-0.25, -0.2) is 14.8 Å². The van der Waals surface area contributed by atoms with E-state index in [2.05, 4.69) is 15.0 Å². The van der Waals surface area contributed by atoms with Crippen molar-refractivity contribution >= 4 is 40.4 Å². The SMILES string of the molecule is CCn1c(SCc2nc(-c3ccc(Cl)cc3)oc2C)nc(=O)c2c(C(=O)OC)cc(C)nc21. The Kier molecular flexibility index (Phi) is 6.53. The summed E-state index contributed by atoms with van der Waals surface area (Å²) in [5.74, 6) is 1.02. The number of aryl methyl sites for hydroxylation is 3. The Morgan fingerprint density at radius 3 is 2.58 bits per heavy atom. The lowest BCUT2D eigenvalue weighted by Crippen LogP contribution is -2.20. The molecule has 3 aromatic heterocycles. The van der Waals surface area contributed by atoms with E-state index in [0.29, 0.717) is 45.5 Å². The van der Waals surface area contributed by atoms with Crippen molar-refractivity contribution in [1.29, 1.82) is 0 Å². The van der Waals surface area contributed by atoms with Gasteiger partial charge in [0.25, 0.3) is 5.56 Å². The van der Waals surface area contributed by atoms with Gasteiger partial charge in [-0.2, -0.15) is 4.98 Å². The Morgan fingerprint density at radius 2 is 1.91 bits per heavy atom. The molecule has 0 aliphatic heterocycles. The van der Waals surface area contributed by atoms with Crippen LogP contribution in [0.25, 0.3) is 22.5 Å². The number of ether oxygens (including phenoxy) is 1. The van der Waals surface area contributed by atoms with Crippen LogP contribution in [0.4, 0.5) is 0 Å². The molecule has 0 amide bonds. The van der Waals surface area contributed by atoms with Crippen LogP contribution < -0.4 is 5.56 Å². The van der Waals surface area contributed by atoms with Gasteiger partial charge >= 0.3 is 5.97 Å². The van der Waals surface area contributed by atoms with E-state index in [0.717, 1.165) is 11.3 Å². The first kappa shape index (κ1) is 23.0. The van der Waals surface area contributed by atoms with Gasteiger partial charge in [0.15, 0.2) is 5.16 Å². The number of fused-ring (bicyclic) bond motifs is 1. The van der Waals surface area contributed by atoms with Crippen molar-refractivity contribution in [2.24, 2.45) is 0 Å². The van der Waals surface area contributed by atoms with E-state index in [9.17, 15) is 9.59 Å². The first-order valence-corrected chi connectivity index (χ1v) is 11.5. The number of carbonyl (C=O) groups excluding carboxylic acids is 1. The van der Waals surface area contributed by atoms with Crippen molar-refractivity contribution in [1.82, 2.24) is 19.5 Å². The average molecular weight is 485 g/mol. The lowest BCUT2D eigenvalue weighted by atomic mass is 10.1. The van der Waals surface area contributed by atoms with Gasteiger partial charge in [0.1, 0.15) is 11.4 Å². The minimum absolute atomic E-state index is 0.154. The number of methoxy groups -OCH3 is 1. The van der Waals surface area contributed by atoms with Crippen molar-refractivity contribution in [3.8, 4) is 11.5 Å². The maximum Gasteiger partial charge on any atom is 0.338 e. The zero-order valence-corrected chi connectivity index (χ0v) is 20.1. The molecule has 0 aliphatic carbocycles. The quantitative estimate of drug-likeness (QED) is 0.218. The van der Waals surface area contributed by atoms with E-state index in [-0.39, 0.29) is 10.9 Å². The van der Waals surface area contributed by atoms with Crippen molar-refractivity contribution < 1.29 is 13.9 Å². The maximum atomic E-state index is 12.9. The first-order chi connectivity index (χ1) is 15.8. The lowest BCUT2D eigenvalue weighted by Gasteiger charge is -2.14. The molecule has 0 N–H and O–H groups in total. The summed E-state index contributed by atoms with van der Waals surface area (Å²) in [6.07, 6.45) is 0. The van der Waals surface area contributed by atoms with Crippen LogP contribution in [0.5, 0.6) is 0 Å². The van der Waals surface area contributed by atoms with Crippen LogP contribution >= 0.6 is 23.4 Å². The van der Waals surface area contributed by atoms with Crippen molar-refractivity contribution in [2.75, 3.05) is 7.11 Å². The molecule has 0 saturated heterocycles. The minimum Gasteiger partial charge on any atom is -0.465 e. The predicted octanol–water partition coefficient (Wildman–Crippen LogP) is 4.82. The van der Waals surface area contributed by atoms with E-state index in [4.69, 9.17) is 20.8 Å². The van der Waals surface area contributed by atoms with E-state index in [1.807, 2.05) is 30.5 Å². The molecule has 0 bridgehead atoms. The Morgan fingerprint density at radius 1 is 1.18 bits per heavy atom. The molecule has 8 nitrogen and oxygen atoms in total. The van der Waals surface area contributed by atoms with Crippen LogP contribution in [0.2, 0.25) is 5.02 Å². The highest BCUT2D eigenvalue weighted by Crippen LogP contribution is 2.28. The third kappa shape index (κ3) is 4.51. The monoisotopic (exact) mass is 484 g/mol. The Hall–Kier alpha value is -3.17. The third-order valence-electron chi connectivity index (χ3n) is 5.07. The van der Waals surface area contributed by atoms with Crippen LogP contribution in [-0.4, -0.2) is 32.6 Å². The van der Waals surface area contributed by atoms with E-state index in [1.54, 1.807) is 25.1 Å². The summed E-state index contributed by atoms with van der Waals surface area (Å²) >= 11 is 7.32. The average Bonchev–Trinajstić information content (AvgIpc) is 3.17. The molecule has 0 radical (unpaired) electrons. The van der Waals surface area contributed by atoms with E-state index >= 15 is 0 Å². The molecular formula is C23H21ClN4O4S. The summed E-state index contributed by atoms with van der Waals surface area (Å²) in [6, 6.07) is 8.79. The number of oxazole rings is 1. The van der Waals surface area contributed by atoms with Gasteiger partial charge in [-0.3, -0.25) is 4.79 Å². The number of rotatable bonds is 6. The fourth-order valence-corrected chi connectivity index (χ4v) is 4.61. The number of hydrogen-bond donors (Lipinski definition) is 0. The van der Waals surface area contributed by atoms with Crippen LogP contribution in [-0.2, 0) is 17.0 Å². The second-order valence-corrected chi connectivity index (χ2v) is 8.64. The molecule has 0 aliphatic rings. The highest BCUT2D eigenvalue weighted by atomic mass is 35.5. The number of nitrogens with zero attached hydrogens (tertiary/aromatic N) is 4. The van der Waals surface area contributed by atoms with Gasteiger partial charge in [-0.1, -0.05) is 23.4 Å². The molecule has 4 aromatic rings. The first-order valence-electron chi connectivity index (χ1n) is 10.2. The zero-order chi connectivity index (χ0) is 23.7. The number of carbonyl (C=O) groups is 1. The summed E-state index contributed by atoms with van der Waals surface area (Å²) in [7, 11) is 1.28. The minimum atomic E-state index is -0.597. The van der Waals surface area contributed by atoms with Crippen molar-refractivity contribution in [3.05, 3.63) is 68.4 Å². The molecular weight excluding hydrogens is 464 g/mol. The number of thioether (sulfide) groups is 1. The van der Waals surface area contributed by atoms with Crippen LogP contribution in [0, 0.1) is 13.8 Å². The summed E-state index contributed by atoms with van der Waals surface area (Å²) in [5.41, 5.74) is 2.21. The lowest BCUT2D eigenvalue weighted by molar-refractivity contribution is 0.0602. The second kappa shape index (κ2) is 9.36. The number of pyridine rings is 1. The molecule has 3 heterocycles. The number of esters is 1. The standard InChI is InChI=1S/C23H21ClN4O4S/c1-5-28-19-18(16(22(30)31-4)10-12(2)25-19)20(29)27-23(28)33-11-17-13(3)32-21(26-17)14-6-8-15(24)9-7-14/h6-10H,5,11H2,1-4H3. The van der Waals surface area contributed by atoms with Gasteiger partial charge in [0.2, 0.25) is 5.89 Å². The molecule has 0 spiro atoms. The van der Waals surface area contributed by atoms with Crippen LogP contribution in [0.3, 0.4) is 0 Å². The Balaban J connectivity index is 1.71. The Labute approximate surface area is 199 Å². The number of benzene rings is 1. The van der Waals surface area contributed by atoms with Gasteiger partial charge < -0.3 is 13.7 Å². The summed E-state index contributed by atoms with van der Waals surface area (Å²) < 4.78 is 12.5. The number of hydrogen-bond acceptors (Lipinski definition) is 8. The fourth-order valence-electron chi connectivity index (χ4n) is 3.43. The number of halogens is 1. The normalized spacial score (nSPS) is 11.2. The van der Waals surface area contributed by atoms with Crippen LogP contribution in [0.15, 0.2) is 44.7 Å². The van der Waals surface area contributed by atoms with Gasteiger partial charge in [-0.05, 0) is 51.1 Å². The molecule has 0 atom stereocenters. The van der Waals surface area contributed by atoms with Crippen molar-refractivity contribution in [3.63, 3.8) is 0 Å². The summed E-state index contributed by atoms with van der Waals surface area (Å²) in [6.45, 7) is 6.05. The zero-order valence-electron chi connectivity index (χ0n) is 18.5. The molecule has 0 fully saturated rings. The molecule has 0 saturated carbocycles. The van der Waals surface area contributed by atoms with Crippen LogP contribution in [0.1, 0.15) is 34.4 Å². The van der Waals surface area contributed by atoms with Gasteiger partial charge in [-0.15, -0.1) is 0 Å². The molecule has 0 unspecified atom stereocenters.